The highest BCUT2D eigenvalue weighted by Gasteiger charge is 2.46. The van der Waals surface area contributed by atoms with Crippen LogP contribution >= 0.6 is 12.2 Å². The van der Waals surface area contributed by atoms with Crippen molar-refractivity contribution in [1.29, 1.82) is 0 Å². The van der Waals surface area contributed by atoms with E-state index < -0.39 is 43.1 Å². The fraction of sp³-hybridized carbons (Fsp3) is 0.348. The zero-order chi connectivity index (χ0) is 24.2. The van der Waals surface area contributed by atoms with E-state index in [2.05, 4.69) is 10.4 Å². The number of hydrogen-bond donors (Lipinski definition) is 4. The van der Waals surface area contributed by atoms with Crippen molar-refractivity contribution in [2.75, 3.05) is 6.61 Å². The van der Waals surface area contributed by atoms with Gasteiger partial charge in [-0.1, -0.05) is 36.4 Å². The molecule has 2 aromatic carbocycles. The van der Waals surface area contributed by atoms with Gasteiger partial charge < -0.3 is 30.1 Å². The van der Waals surface area contributed by atoms with Gasteiger partial charge in [-0.25, -0.2) is 4.68 Å². The molecule has 0 radical (unpaired) electrons. The van der Waals surface area contributed by atoms with Crippen LogP contribution < -0.4 is 10.1 Å². The molecule has 2 heterocycles. The highest BCUT2D eigenvalue weighted by atomic mass is 32.1. The SMILES string of the molecule is CC(=O)N[C@@H]1[C@@H](O)[C@H](O)[C@@H](CO)O[C@H]1n1nc(COc2ccccc2)n(-c2ccccc2)c1=S. The summed E-state index contributed by atoms with van der Waals surface area (Å²) >= 11 is 5.72. The van der Waals surface area contributed by atoms with Crippen molar-refractivity contribution < 1.29 is 29.6 Å². The Bertz CT molecular complexity index is 1170. The number of benzene rings is 2. The number of aliphatic hydroxyl groups excluding tert-OH is 3. The summed E-state index contributed by atoms with van der Waals surface area (Å²) in [5.74, 6) is 0.659. The Balaban J connectivity index is 1.77. The van der Waals surface area contributed by atoms with Gasteiger partial charge in [0.15, 0.2) is 12.1 Å². The molecule has 11 heteroatoms. The number of aromatic nitrogens is 3. The standard InChI is InChI=1S/C23H26N4O6S/c1-14(29)24-19-21(31)20(30)17(12-28)33-22(19)27-23(34)26(15-8-4-2-5-9-15)18(25-27)13-32-16-10-6-3-7-11-16/h2-11,17,19-22,28,30-31H,12-13H2,1H3,(H,24,29)/t17-,19-,20-,21-,22-/m1/s1. The summed E-state index contributed by atoms with van der Waals surface area (Å²) in [4.78, 5) is 11.8. The Hall–Kier alpha value is -3.09. The molecular weight excluding hydrogens is 460 g/mol. The summed E-state index contributed by atoms with van der Waals surface area (Å²) in [5.41, 5.74) is 0.733. The maximum atomic E-state index is 11.8. The molecule has 1 amide bonds. The molecule has 0 aliphatic carbocycles. The van der Waals surface area contributed by atoms with Crippen LogP contribution in [0.3, 0.4) is 0 Å². The molecule has 5 atom stereocenters. The molecule has 1 fully saturated rings. The molecule has 1 saturated heterocycles. The van der Waals surface area contributed by atoms with Gasteiger partial charge in [0.1, 0.15) is 36.7 Å². The second kappa shape index (κ2) is 10.5. The summed E-state index contributed by atoms with van der Waals surface area (Å²) in [6.45, 7) is 0.815. The van der Waals surface area contributed by atoms with Gasteiger partial charge in [-0.2, -0.15) is 5.10 Å². The molecule has 0 saturated carbocycles. The average molecular weight is 487 g/mol. The van der Waals surface area contributed by atoms with Crippen LogP contribution in [0.25, 0.3) is 5.69 Å². The first-order valence-electron chi connectivity index (χ1n) is 10.7. The number of amides is 1. The zero-order valence-corrected chi connectivity index (χ0v) is 19.2. The summed E-state index contributed by atoms with van der Waals surface area (Å²) in [6.07, 6.45) is -5.03. The fourth-order valence-corrected chi connectivity index (χ4v) is 4.24. The maximum absolute atomic E-state index is 11.8. The Kier molecular flexibility index (Phi) is 7.39. The van der Waals surface area contributed by atoms with Crippen LogP contribution in [0.1, 0.15) is 19.0 Å². The summed E-state index contributed by atoms with van der Waals surface area (Å²) in [7, 11) is 0. The minimum absolute atomic E-state index is 0.0711. The van der Waals surface area contributed by atoms with E-state index >= 15 is 0 Å². The van der Waals surface area contributed by atoms with Crippen LogP contribution in [0.5, 0.6) is 5.75 Å². The first-order chi connectivity index (χ1) is 16.4. The molecule has 1 aliphatic rings. The van der Waals surface area contributed by atoms with Crippen molar-refractivity contribution in [3.8, 4) is 11.4 Å². The van der Waals surface area contributed by atoms with Gasteiger partial charge in [-0.05, 0) is 36.5 Å². The molecule has 4 rings (SSSR count). The number of nitrogens with zero attached hydrogens (tertiary/aromatic N) is 3. The Labute approximate surface area is 201 Å². The third-order valence-corrected chi connectivity index (χ3v) is 5.87. The number of aliphatic hydroxyl groups is 3. The van der Waals surface area contributed by atoms with Gasteiger partial charge in [0.2, 0.25) is 10.7 Å². The molecule has 4 N–H and O–H groups in total. The lowest BCUT2D eigenvalue weighted by atomic mass is 9.96. The van der Waals surface area contributed by atoms with Gasteiger partial charge in [-0.15, -0.1) is 0 Å². The van der Waals surface area contributed by atoms with E-state index in [9.17, 15) is 20.1 Å². The monoisotopic (exact) mass is 486 g/mol. The van der Waals surface area contributed by atoms with E-state index in [0.717, 1.165) is 5.69 Å². The lowest BCUT2D eigenvalue weighted by Gasteiger charge is -2.42. The fourth-order valence-electron chi connectivity index (χ4n) is 3.88. The third-order valence-electron chi connectivity index (χ3n) is 5.51. The van der Waals surface area contributed by atoms with E-state index in [1.807, 2.05) is 60.7 Å². The smallest absolute Gasteiger partial charge is 0.217 e. The second-order valence-electron chi connectivity index (χ2n) is 7.87. The highest BCUT2D eigenvalue weighted by molar-refractivity contribution is 7.71. The van der Waals surface area contributed by atoms with Gasteiger partial charge in [-0.3, -0.25) is 9.36 Å². The summed E-state index contributed by atoms with van der Waals surface area (Å²) in [6, 6.07) is 17.5. The molecule has 1 aliphatic heterocycles. The Morgan fingerprint density at radius 1 is 1.12 bits per heavy atom. The highest BCUT2D eigenvalue weighted by Crippen LogP contribution is 2.29. The molecular formula is C23H26N4O6S. The van der Waals surface area contributed by atoms with E-state index in [1.165, 1.54) is 11.6 Å². The largest absolute Gasteiger partial charge is 0.486 e. The molecule has 0 bridgehead atoms. The van der Waals surface area contributed by atoms with Crippen molar-refractivity contribution in [1.82, 2.24) is 19.7 Å². The lowest BCUT2D eigenvalue weighted by Crippen LogP contribution is -2.62. The third kappa shape index (κ3) is 4.88. The van der Waals surface area contributed by atoms with Crippen LogP contribution in [0.15, 0.2) is 60.7 Å². The number of carbonyl (C=O) groups excluding carboxylic acids is 1. The summed E-state index contributed by atoms with van der Waals surface area (Å²) in [5, 5.41) is 37.9. The van der Waals surface area contributed by atoms with Gasteiger partial charge >= 0.3 is 0 Å². The normalized spacial score (nSPS) is 24.5. The first-order valence-corrected chi connectivity index (χ1v) is 11.1. The predicted molar refractivity (Wildman–Crippen MR) is 124 cm³/mol. The number of hydrogen-bond acceptors (Lipinski definition) is 8. The van der Waals surface area contributed by atoms with Crippen LogP contribution in [0.2, 0.25) is 0 Å². The van der Waals surface area contributed by atoms with Crippen molar-refractivity contribution in [2.45, 2.75) is 44.1 Å². The quantitative estimate of drug-likeness (QED) is 0.365. The molecule has 3 aromatic rings. The van der Waals surface area contributed by atoms with Crippen molar-refractivity contribution in [3.05, 3.63) is 71.3 Å². The van der Waals surface area contributed by atoms with Crippen LogP contribution in [-0.2, 0) is 16.1 Å². The average Bonchev–Trinajstić information content (AvgIpc) is 3.17. The van der Waals surface area contributed by atoms with E-state index in [0.29, 0.717) is 11.6 Å². The van der Waals surface area contributed by atoms with E-state index in [1.54, 1.807) is 4.57 Å². The number of para-hydroxylation sites is 2. The van der Waals surface area contributed by atoms with E-state index in [-0.39, 0.29) is 11.4 Å². The zero-order valence-electron chi connectivity index (χ0n) is 18.4. The number of rotatable bonds is 7. The maximum Gasteiger partial charge on any atom is 0.217 e. The molecule has 180 valence electrons. The first kappa shape index (κ1) is 24.0. The number of nitrogens with one attached hydrogen (secondary N) is 1. The lowest BCUT2D eigenvalue weighted by molar-refractivity contribution is -0.219. The summed E-state index contributed by atoms with van der Waals surface area (Å²) < 4.78 is 15.0. The predicted octanol–water partition coefficient (Wildman–Crippen LogP) is 1.10. The van der Waals surface area contributed by atoms with E-state index in [4.69, 9.17) is 21.7 Å². The molecule has 1 aromatic heterocycles. The Morgan fingerprint density at radius 2 is 1.76 bits per heavy atom. The van der Waals surface area contributed by atoms with Crippen molar-refractivity contribution in [3.63, 3.8) is 0 Å². The minimum atomic E-state index is -1.42. The molecule has 0 unspecified atom stereocenters. The number of ether oxygens (including phenoxy) is 2. The Morgan fingerprint density at radius 3 is 2.38 bits per heavy atom. The van der Waals surface area contributed by atoms with Crippen LogP contribution in [0, 0.1) is 4.77 Å². The van der Waals surface area contributed by atoms with Gasteiger partial charge in [0.05, 0.1) is 6.61 Å². The van der Waals surface area contributed by atoms with Gasteiger partial charge in [0, 0.05) is 12.6 Å². The second-order valence-corrected chi connectivity index (χ2v) is 8.24. The topological polar surface area (TPSA) is 131 Å². The van der Waals surface area contributed by atoms with Crippen LogP contribution in [-0.4, -0.2) is 66.5 Å². The van der Waals surface area contributed by atoms with Gasteiger partial charge in [0.25, 0.3) is 0 Å². The van der Waals surface area contributed by atoms with Crippen molar-refractivity contribution in [2.24, 2.45) is 0 Å². The van der Waals surface area contributed by atoms with Crippen molar-refractivity contribution >= 4 is 18.1 Å². The molecule has 10 nitrogen and oxygen atoms in total. The molecule has 34 heavy (non-hydrogen) atoms. The number of carbonyl (C=O) groups is 1. The molecule has 0 spiro atoms. The minimum Gasteiger partial charge on any atom is -0.486 e. The van der Waals surface area contributed by atoms with Crippen LogP contribution in [0.4, 0.5) is 0 Å².